The average molecular weight is 1080 g/mol. The first kappa shape index (κ1) is 73.0. The molecule has 0 aliphatic carbocycles. The molecule has 0 amide bonds. The van der Waals surface area contributed by atoms with Crippen molar-refractivity contribution in [1.82, 2.24) is 0 Å². The Bertz CT molecular complexity index is 1760. The lowest BCUT2D eigenvalue weighted by molar-refractivity contribution is -0.166. The first-order chi connectivity index (χ1) is 38.5. The van der Waals surface area contributed by atoms with Crippen LogP contribution >= 0.6 is 0 Å². The molecule has 0 aromatic heterocycles. The fourth-order valence-corrected chi connectivity index (χ4v) is 8.14. The van der Waals surface area contributed by atoms with E-state index in [2.05, 4.69) is 167 Å². The van der Waals surface area contributed by atoms with Gasteiger partial charge >= 0.3 is 17.9 Å². The zero-order valence-corrected chi connectivity index (χ0v) is 50.1. The van der Waals surface area contributed by atoms with E-state index in [4.69, 9.17) is 14.2 Å². The van der Waals surface area contributed by atoms with Crippen LogP contribution in [0.4, 0.5) is 0 Å². The smallest absolute Gasteiger partial charge is 0.309 e. The molecule has 0 aliphatic rings. The summed E-state index contributed by atoms with van der Waals surface area (Å²) in [5.41, 5.74) is 0. The number of hydrogen-bond acceptors (Lipinski definition) is 6. The summed E-state index contributed by atoms with van der Waals surface area (Å²) in [4.78, 5) is 38.2. The molecule has 0 radical (unpaired) electrons. The summed E-state index contributed by atoms with van der Waals surface area (Å²) in [6, 6.07) is 0. The number of unbranched alkanes of at least 4 members (excludes halogenated alkanes) is 19. The molecule has 0 saturated carbocycles. The Labute approximate surface area is 480 Å². The van der Waals surface area contributed by atoms with Crippen LogP contribution in [0, 0.1) is 0 Å². The average Bonchev–Trinajstić information content (AvgIpc) is 3.44. The van der Waals surface area contributed by atoms with Gasteiger partial charge in [0.2, 0.25) is 0 Å². The van der Waals surface area contributed by atoms with Gasteiger partial charge < -0.3 is 14.2 Å². The molecular formula is C72H114O6. The number of allylic oxidation sites excluding steroid dienone is 25. The van der Waals surface area contributed by atoms with E-state index < -0.39 is 12.1 Å². The SMILES string of the molecule is CC/C=C\C/C=C\C/C=C\C/C=C\C/C=C\C/C=C\CCCCCCCCCCCCC(=O)OCC(COC(=O)C/C=C\C/C=C\C/C=C\C/C=C\C/C=C\CC)OC(=O)CCCCCCC/C=C\C/C=C\CCCCCC. The third-order valence-corrected chi connectivity index (χ3v) is 12.8. The second kappa shape index (κ2) is 64.6. The van der Waals surface area contributed by atoms with Gasteiger partial charge in [0.1, 0.15) is 13.2 Å². The second-order valence-corrected chi connectivity index (χ2v) is 20.2. The molecule has 0 heterocycles. The summed E-state index contributed by atoms with van der Waals surface area (Å²) < 4.78 is 16.8. The standard InChI is InChI=1S/C72H114O6/c1-4-7-10-13-16-19-22-25-28-30-31-32-33-34-35-36-37-38-39-40-41-42-45-47-50-53-56-59-62-65-71(74)77-68-69(67-76-70(73)64-61-58-55-52-49-46-43-27-24-21-18-15-12-9-6-3)78-72(75)66-63-60-57-54-51-48-44-29-26-23-20-17-14-11-8-5-2/h7,9-10,12,16,18-21,23,25,27-29,31-32,34-35,37-38,43-44,49,52,58,61,69H,4-6,8,11,13-15,17,22,24,26,30,33,36,39-42,45-48,50-51,53-57,59-60,62-68H2,1-3H3/b10-7-,12-9-,19-16-,21-18-,23-20-,28-25-,32-31-,35-34-,38-37-,43-27-,44-29-,52-49-,61-58-. The number of carbonyl (C=O) groups excluding carboxylic acids is 3. The minimum absolute atomic E-state index is 0.117. The summed E-state index contributed by atoms with van der Waals surface area (Å²) >= 11 is 0. The van der Waals surface area contributed by atoms with Gasteiger partial charge in [0.25, 0.3) is 0 Å². The minimum atomic E-state index is -0.835. The van der Waals surface area contributed by atoms with Gasteiger partial charge in [-0.1, -0.05) is 269 Å². The zero-order chi connectivity index (χ0) is 56.4. The largest absolute Gasteiger partial charge is 0.462 e. The van der Waals surface area contributed by atoms with Gasteiger partial charge in [-0.3, -0.25) is 14.4 Å². The molecule has 0 aromatic rings. The molecule has 0 spiro atoms. The van der Waals surface area contributed by atoms with Crippen LogP contribution in [0.1, 0.15) is 258 Å². The molecule has 6 nitrogen and oxygen atoms in total. The normalized spacial score (nSPS) is 13.2. The first-order valence-corrected chi connectivity index (χ1v) is 31.5. The monoisotopic (exact) mass is 1070 g/mol. The Morgan fingerprint density at radius 2 is 0.551 bits per heavy atom. The predicted molar refractivity (Wildman–Crippen MR) is 338 cm³/mol. The molecule has 0 aromatic carbocycles. The van der Waals surface area contributed by atoms with Gasteiger partial charge in [-0.25, -0.2) is 0 Å². The molecule has 0 bridgehead atoms. The molecule has 438 valence electrons. The van der Waals surface area contributed by atoms with Gasteiger partial charge in [-0.15, -0.1) is 0 Å². The lowest BCUT2D eigenvalue weighted by Crippen LogP contribution is -2.30. The van der Waals surface area contributed by atoms with E-state index in [-0.39, 0.29) is 38.0 Å². The minimum Gasteiger partial charge on any atom is -0.462 e. The molecular weight excluding hydrogens is 961 g/mol. The lowest BCUT2D eigenvalue weighted by Gasteiger charge is -2.18. The number of ether oxygens (including phenoxy) is 3. The van der Waals surface area contributed by atoms with Crippen molar-refractivity contribution >= 4 is 17.9 Å². The Kier molecular flexibility index (Phi) is 60.4. The van der Waals surface area contributed by atoms with Crippen molar-refractivity contribution in [2.24, 2.45) is 0 Å². The van der Waals surface area contributed by atoms with Gasteiger partial charge in [0.15, 0.2) is 6.10 Å². The van der Waals surface area contributed by atoms with E-state index in [0.717, 1.165) is 141 Å². The highest BCUT2D eigenvalue weighted by atomic mass is 16.6. The van der Waals surface area contributed by atoms with E-state index in [1.54, 1.807) is 6.08 Å². The summed E-state index contributed by atoms with van der Waals surface area (Å²) in [5, 5.41) is 0. The second-order valence-electron chi connectivity index (χ2n) is 20.2. The van der Waals surface area contributed by atoms with E-state index >= 15 is 0 Å². The van der Waals surface area contributed by atoms with Crippen LogP contribution < -0.4 is 0 Å². The van der Waals surface area contributed by atoms with Crippen molar-refractivity contribution in [3.63, 3.8) is 0 Å². The van der Waals surface area contributed by atoms with Crippen LogP contribution in [0.3, 0.4) is 0 Å². The lowest BCUT2D eigenvalue weighted by atomic mass is 10.1. The van der Waals surface area contributed by atoms with Crippen LogP contribution in [0.2, 0.25) is 0 Å². The van der Waals surface area contributed by atoms with Gasteiger partial charge in [-0.05, 0) is 128 Å². The third kappa shape index (κ3) is 61.9. The highest BCUT2D eigenvalue weighted by Crippen LogP contribution is 2.14. The van der Waals surface area contributed by atoms with Gasteiger partial charge in [0, 0.05) is 12.8 Å². The molecule has 0 aliphatic heterocycles. The Morgan fingerprint density at radius 1 is 0.282 bits per heavy atom. The van der Waals surface area contributed by atoms with Crippen molar-refractivity contribution in [2.45, 2.75) is 264 Å². The van der Waals surface area contributed by atoms with Gasteiger partial charge in [0.05, 0.1) is 6.42 Å². The summed E-state index contributed by atoms with van der Waals surface area (Å²) in [6.07, 6.45) is 94.1. The number of carbonyl (C=O) groups is 3. The fraction of sp³-hybridized carbons (Fsp3) is 0.597. The van der Waals surface area contributed by atoms with E-state index in [0.29, 0.717) is 6.42 Å². The molecule has 0 fully saturated rings. The number of esters is 3. The quantitative estimate of drug-likeness (QED) is 0.0261. The Balaban J connectivity index is 4.41. The van der Waals surface area contributed by atoms with E-state index in [9.17, 15) is 14.4 Å². The highest BCUT2D eigenvalue weighted by Gasteiger charge is 2.19. The van der Waals surface area contributed by atoms with Crippen molar-refractivity contribution in [3.8, 4) is 0 Å². The van der Waals surface area contributed by atoms with Crippen molar-refractivity contribution in [1.29, 1.82) is 0 Å². The van der Waals surface area contributed by atoms with Crippen LogP contribution in [0.5, 0.6) is 0 Å². The fourth-order valence-electron chi connectivity index (χ4n) is 8.14. The molecule has 1 unspecified atom stereocenters. The van der Waals surface area contributed by atoms with Crippen LogP contribution in [-0.2, 0) is 28.6 Å². The molecule has 78 heavy (non-hydrogen) atoms. The maximum Gasteiger partial charge on any atom is 0.309 e. The van der Waals surface area contributed by atoms with Crippen molar-refractivity contribution in [2.75, 3.05) is 13.2 Å². The van der Waals surface area contributed by atoms with Crippen LogP contribution in [0.25, 0.3) is 0 Å². The van der Waals surface area contributed by atoms with E-state index in [1.165, 1.54) is 77.0 Å². The summed E-state index contributed by atoms with van der Waals surface area (Å²) in [7, 11) is 0. The van der Waals surface area contributed by atoms with Crippen molar-refractivity contribution in [3.05, 3.63) is 158 Å². The summed E-state index contributed by atoms with van der Waals surface area (Å²) in [5.74, 6) is -1.08. The topological polar surface area (TPSA) is 78.9 Å². The molecule has 0 rings (SSSR count). The molecule has 1 atom stereocenters. The Morgan fingerprint density at radius 3 is 0.897 bits per heavy atom. The van der Waals surface area contributed by atoms with E-state index in [1.807, 2.05) is 6.08 Å². The zero-order valence-electron chi connectivity index (χ0n) is 50.1. The molecule has 6 heteroatoms. The van der Waals surface area contributed by atoms with Gasteiger partial charge in [-0.2, -0.15) is 0 Å². The number of hydrogen-bond donors (Lipinski definition) is 0. The molecule has 0 saturated heterocycles. The third-order valence-electron chi connectivity index (χ3n) is 12.8. The van der Waals surface area contributed by atoms with Crippen LogP contribution in [-0.4, -0.2) is 37.2 Å². The van der Waals surface area contributed by atoms with Crippen molar-refractivity contribution < 1.29 is 28.6 Å². The molecule has 0 N–H and O–H groups in total. The number of rotatable bonds is 55. The predicted octanol–water partition coefficient (Wildman–Crippen LogP) is 21.7. The Hall–Kier alpha value is -4.97. The maximum atomic E-state index is 12.9. The maximum absolute atomic E-state index is 12.9. The highest BCUT2D eigenvalue weighted by molar-refractivity contribution is 5.72. The summed E-state index contributed by atoms with van der Waals surface area (Å²) in [6.45, 7) is 6.29. The van der Waals surface area contributed by atoms with Crippen LogP contribution in [0.15, 0.2) is 158 Å². The first-order valence-electron chi connectivity index (χ1n) is 31.5.